The van der Waals surface area contributed by atoms with Crippen molar-refractivity contribution >= 4 is 27.9 Å². The van der Waals surface area contributed by atoms with Gasteiger partial charge in [-0.1, -0.05) is 0 Å². The lowest BCUT2D eigenvalue weighted by Crippen LogP contribution is -2.01. The fourth-order valence-electron chi connectivity index (χ4n) is 0.906. The van der Waals surface area contributed by atoms with Gasteiger partial charge in [0.25, 0.3) is 6.43 Å². The molecule has 1 aromatic rings. The summed E-state index contributed by atoms with van der Waals surface area (Å²) in [5.74, 6) is 0. The summed E-state index contributed by atoms with van der Waals surface area (Å²) in [4.78, 5) is 23.2. The monoisotopic (exact) mass is 280 g/mol. The fraction of sp³-hybridized carbons (Fsp3) is 0.143. The molecule has 5 nitrogen and oxygen atoms in total. The van der Waals surface area contributed by atoms with Gasteiger partial charge in [0.15, 0.2) is 10.9 Å². The molecule has 0 saturated heterocycles. The molecule has 8 heteroatoms. The first-order chi connectivity index (χ1) is 6.97. The standard InChI is InChI=1S/C7H3BrF2N2O3/c8-6-4(12(14)15)1-3(2-13)5(11-6)7(9)10/h1-2,7H. The molecule has 0 unspecified atom stereocenters. The Morgan fingerprint density at radius 2 is 2.20 bits per heavy atom. The molecule has 1 heterocycles. The van der Waals surface area contributed by atoms with Crippen LogP contribution in [0.15, 0.2) is 10.7 Å². The highest BCUT2D eigenvalue weighted by Crippen LogP contribution is 2.29. The van der Waals surface area contributed by atoms with E-state index >= 15 is 0 Å². The van der Waals surface area contributed by atoms with Crippen LogP contribution < -0.4 is 0 Å². The number of aromatic nitrogens is 1. The highest BCUT2D eigenvalue weighted by Gasteiger charge is 2.22. The molecule has 0 bridgehead atoms. The molecule has 0 atom stereocenters. The van der Waals surface area contributed by atoms with Crippen molar-refractivity contribution in [3.63, 3.8) is 0 Å². The minimum absolute atomic E-state index is 0.105. The highest BCUT2D eigenvalue weighted by atomic mass is 79.9. The summed E-state index contributed by atoms with van der Waals surface area (Å²) in [6.45, 7) is 0. The molecule has 0 N–H and O–H groups in total. The summed E-state index contributed by atoms with van der Waals surface area (Å²) < 4.78 is 24.3. The second-order valence-electron chi connectivity index (χ2n) is 2.45. The van der Waals surface area contributed by atoms with Crippen LogP contribution in [0.25, 0.3) is 0 Å². The summed E-state index contributed by atoms with van der Waals surface area (Å²) in [6.07, 6.45) is -2.85. The van der Waals surface area contributed by atoms with Gasteiger partial charge in [0.05, 0.1) is 4.92 Å². The van der Waals surface area contributed by atoms with Crippen molar-refractivity contribution in [2.24, 2.45) is 0 Å². The number of rotatable bonds is 3. The van der Waals surface area contributed by atoms with Gasteiger partial charge in [0, 0.05) is 11.6 Å². The summed E-state index contributed by atoms with van der Waals surface area (Å²) in [6, 6.07) is 0.756. The first kappa shape index (κ1) is 11.6. The van der Waals surface area contributed by atoms with Crippen molar-refractivity contribution in [3.8, 4) is 0 Å². The first-order valence-corrected chi connectivity index (χ1v) is 4.34. The minimum Gasteiger partial charge on any atom is -0.298 e. The van der Waals surface area contributed by atoms with E-state index in [0.29, 0.717) is 0 Å². The van der Waals surface area contributed by atoms with E-state index in [1.807, 2.05) is 0 Å². The average molecular weight is 281 g/mol. The molecule has 80 valence electrons. The third-order valence-corrected chi connectivity index (χ3v) is 2.13. The van der Waals surface area contributed by atoms with Crippen LogP contribution in [0.1, 0.15) is 22.5 Å². The Morgan fingerprint density at radius 1 is 1.60 bits per heavy atom. The lowest BCUT2D eigenvalue weighted by Gasteiger charge is -2.03. The number of halogens is 3. The lowest BCUT2D eigenvalue weighted by molar-refractivity contribution is -0.386. The predicted octanol–water partition coefficient (Wildman–Crippen LogP) is 2.50. The molecular weight excluding hydrogens is 278 g/mol. The van der Waals surface area contributed by atoms with Gasteiger partial charge in [-0.25, -0.2) is 13.8 Å². The SMILES string of the molecule is O=Cc1cc([N+](=O)[O-])c(Br)nc1C(F)F. The third-order valence-electron chi connectivity index (χ3n) is 1.55. The molecule has 1 rings (SSSR count). The van der Waals surface area contributed by atoms with Crippen LogP contribution in [0.2, 0.25) is 0 Å². The van der Waals surface area contributed by atoms with Crippen molar-refractivity contribution in [1.29, 1.82) is 0 Å². The van der Waals surface area contributed by atoms with E-state index < -0.39 is 28.3 Å². The largest absolute Gasteiger partial charge is 0.302 e. The number of hydrogen-bond donors (Lipinski definition) is 0. The molecule has 0 aliphatic heterocycles. The van der Waals surface area contributed by atoms with Crippen molar-refractivity contribution < 1.29 is 18.5 Å². The number of aldehydes is 1. The zero-order chi connectivity index (χ0) is 11.6. The Bertz CT molecular complexity index is 425. The Labute approximate surface area is 90.4 Å². The molecule has 1 aromatic heterocycles. The molecule has 0 aliphatic carbocycles. The number of nitrogens with zero attached hydrogens (tertiary/aromatic N) is 2. The van der Waals surface area contributed by atoms with Crippen LogP contribution in [0.5, 0.6) is 0 Å². The van der Waals surface area contributed by atoms with Gasteiger partial charge in [-0.3, -0.25) is 14.9 Å². The first-order valence-electron chi connectivity index (χ1n) is 3.55. The van der Waals surface area contributed by atoms with E-state index in [1.165, 1.54) is 0 Å². The van der Waals surface area contributed by atoms with Crippen LogP contribution in [0, 0.1) is 10.1 Å². The van der Waals surface area contributed by atoms with Gasteiger partial charge in [0.2, 0.25) is 0 Å². The normalized spacial score (nSPS) is 10.4. The van der Waals surface area contributed by atoms with E-state index in [0.717, 1.165) is 6.07 Å². The van der Waals surface area contributed by atoms with Crippen molar-refractivity contribution in [1.82, 2.24) is 4.98 Å². The molecule has 0 radical (unpaired) electrons. The summed E-state index contributed by atoms with van der Waals surface area (Å²) in [7, 11) is 0. The van der Waals surface area contributed by atoms with Crippen molar-refractivity contribution in [2.75, 3.05) is 0 Å². The van der Waals surface area contributed by atoms with Gasteiger partial charge in [0.1, 0.15) is 5.69 Å². The van der Waals surface area contributed by atoms with Crippen LogP contribution in [0.4, 0.5) is 14.5 Å². The predicted molar refractivity (Wildman–Crippen MR) is 48.9 cm³/mol. The summed E-state index contributed by atoms with van der Waals surface area (Å²) in [5, 5.41) is 10.4. The second-order valence-corrected chi connectivity index (χ2v) is 3.20. The Hall–Kier alpha value is -1.44. The van der Waals surface area contributed by atoms with Gasteiger partial charge in [-0.15, -0.1) is 0 Å². The molecule has 0 saturated carbocycles. The van der Waals surface area contributed by atoms with Crippen LogP contribution in [-0.2, 0) is 0 Å². The fourth-order valence-corrected chi connectivity index (χ4v) is 1.36. The van der Waals surface area contributed by atoms with Gasteiger partial charge < -0.3 is 0 Å². The maximum atomic E-state index is 12.3. The molecule has 0 amide bonds. The Kier molecular flexibility index (Phi) is 3.40. The van der Waals surface area contributed by atoms with E-state index in [-0.39, 0.29) is 10.9 Å². The quantitative estimate of drug-likeness (QED) is 0.369. The second kappa shape index (κ2) is 4.39. The average Bonchev–Trinajstić information content (AvgIpc) is 2.16. The van der Waals surface area contributed by atoms with Crippen molar-refractivity contribution in [3.05, 3.63) is 32.0 Å². The van der Waals surface area contributed by atoms with Gasteiger partial charge in [-0.2, -0.15) is 0 Å². The number of carbonyl (C=O) groups excluding carboxylic acids is 1. The van der Waals surface area contributed by atoms with Crippen molar-refractivity contribution in [2.45, 2.75) is 6.43 Å². The number of nitro groups is 1. The Morgan fingerprint density at radius 3 is 2.60 bits per heavy atom. The smallest absolute Gasteiger partial charge is 0.298 e. The minimum atomic E-state index is -2.96. The summed E-state index contributed by atoms with van der Waals surface area (Å²) >= 11 is 2.68. The highest BCUT2D eigenvalue weighted by molar-refractivity contribution is 9.10. The Balaban J connectivity index is 3.42. The van der Waals surface area contributed by atoms with Gasteiger partial charge >= 0.3 is 5.69 Å². The van der Waals surface area contributed by atoms with E-state index in [2.05, 4.69) is 20.9 Å². The maximum Gasteiger partial charge on any atom is 0.302 e. The molecule has 0 spiro atoms. The number of alkyl halides is 2. The van der Waals surface area contributed by atoms with Crippen LogP contribution in [-0.4, -0.2) is 16.2 Å². The molecule has 0 aliphatic rings. The maximum absolute atomic E-state index is 12.3. The van der Waals surface area contributed by atoms with Crippen LogP contribution in [0.3, 0.4) is 0 Å². The van der Waals surface area contributed by atoms with Crippen LogP contribution >= 0.6 is 15.9 Å². The lowest BCUT2D eigenvalue weighted by atomic mass is 10.2. The van der Waals surface area contributed by atoms with E-state index in [1.54, 1.807) is 0 Å². The summed E-state index contributed by atoms with van der Waals surface area (Å²) in [5.41, 5.74) is -1.79. The molecular formula is C7H3BrF2N2O3. The topological polar surface area (TPSA) is 73.1 Å². The number of carbonyl (C=O) groups is 1. The zero-order valence-electron chi connectivity index (χ0n) is 6.99. The van der Waals surface area contributed by atoms with E-state index in [9.17, 15) is 23.7 Å². The van der Waals surface area contributed by atoms with Gasteiger partial charge in [-0.05, 0) is 15.9 Å². The third kappa shape index (κ3) is 2.32. The number of pyridine rings is 1. The van der Waals surface area contributed by atoms with E-state index in [4.69, 9.17) is 0 Å². The zero-order valence-corrected chi connectivity index (χ0v) is 8.57. The molecule has 15 heavy (non-hydrogen) atoms. The molecule has 0 aromatic carbocycles. The molecule has 0 fully saturated rings. The number of hydrogen-bond acceptors (Lipinski definition) is 4.